The van der Waals surface area contributed by atoms with Crippen molar-refractivity contribution in [3.8, 4) is 11.5 Å². The number of esters is 1. The first-order valence-electron chi connectivity index (χ1n) is 8.72. The molecule has 3 rings (SSSR count). The number of carbonyl (C=O) groups excluding carboxylic acids is 2. The maximum atomic E-state index is 12.3. The lowest BCUT2D eigenvalue weighted by molar-refractivity contribution is -0.152. The van der Waals surface area contributed by atoms with Crippen LogP contribution in [-0.4, -0.2) is 46.2 Å². The van der Waals surface area contributed by atoms with Crippen molar-refractivity contribution in [1.29, 1.82) is 0 Å². The third kappa shape index (κ3) is 5.04. The van der Waals surface area contributed by atoms with Crippen LogP contribution < -0.4 is 19.5 Å². The zero-order valence-electron chi connectivity index (χ0n) is 15.6. The van der Waals surface area contributed by atoms with E-state index in [1.807, 2.05) is 0 Å². The summed E-state index contributed by atoms with van der Waals surface area (Å²) in [5.74, 6) is 0.0184. The van der Waals surface area contributed by atoms with E-state index in [9.17, 15) is 18.0 Å². The molecule has 1 amide bonds. The lowest BCUT2D eigenvalue weighted by atomic mass is 10.2. The molecule has 0 spiro atoms. The van der Waals surface area contributed by atoms with Gasteiger partial charge in [0.1, 0.15) is 24.7 Å². The third-order valence-corrected chi connectivity index (χ3v) is 5.09. The Kier molecular flexibility index (Phi) is 6.04. The first-order chi connectivity index (χ1) is 13.8. The van der Waals surface area contributed by atoms with E-state index in [4.69, 9.17) is 19.3 Å². The van der Waals surface area contributed by atoms with E-state index in [2.05, 4.69) is 0 Å². The lowest BCUT2D eigenvalue weighted by Crippen LogP contribution is -2.47. The van der Waals surface area contributed by atoms with Gasteiger partial charge in [-0.15, -0.1) is 0 Å². The van der Waals surface area contributed by atoms with Crippen LogP contribution in [0.3, 0.4) is 0 Å². The van der Waals surface area contributed by atoms with Crippen LogP contribution in [0.25, 0.3) is 0 Å². The molecule has 0 saturated carbocycles. The van der Waals surface area contributed by atoms with Crippen molar-refractivity contribution in [2.45, 2.75) is 17.9 Å². The molecule has 9 nitrogen and oxygen atoms in total. The smallest absolute Gasteiger partial charge is 0.349 e. The summed E-state index contributed by atoms with van der Waals surface area (Å²) in [7, 11) is -3.77. The minimum absolute atomic E-state index is 0.0268. The predicted molar refractivity (Wildman–Crippen MR) is 103 cm³/mol. The average molecular weight is 420 g/mol. The van der Waals surface area contributed by atoms with Gasteiger partial charge in [-0.05, 0) is 36.4 Å². The maximum absolute atomic E-state index is 12.3. The van der Waals surface area contributed by atoms with Gasteiger partial charge in [-0.3, -0.25) is 4.79 Å². The summed E-state index contributed by atoms with van der Waals surface area (Å²) in [5, 5.41) is 5.03. The van der Waals surface area contributed by atoms with Crippen molar-refractivity contribution in [1.82, 2.24) is 0 Å². The first kappa shape index (κ1) is 20.6. The summed E-state index contributed by atoms with van der Waals surface area (Å²) >= 11 is 0. The average Bonchev–Trinajstić information content (AvgIpc) is 2.69. The van der Waals surface area contributed by atoms with E-state index in [1.54, 1.807) is 24.3 Å². The monoisotopic (exact) mass is 420 g/mol. The lowest BCUT2D eigenvalue weighted by Gasteiger charge is -2.33. The highest BCUT2D eigenvalue weighted by atomic mass is 32.2. The van der Waals surface area contributed by atoms with Crippen LogP contribution >= 0.6 is 0 Å². The second-order valence-electron chi connectivity index (χ2n) is 6.24. The van der Waals surface area contributed by atoms with Crippen LogP contribution in [0.4, 0.5) is 5.69 Å². The molecule has 1 aliphatic heterocycles. The molecule has 2 aromatic carbocycles. The Morgan fingerprint density at radius 1 is 1.14 bits per heavy atom. The fraction of sp³-hybridized carbons (Fsp3) is 0.263. The number of para-hydroxylation sites is 2. The summed E-state index contributed by atoms with van der Waals surface area (Å²) in [4.78, 5) is 25.6. The number of primary sulfonamides is 1. The standard InChI is InChI=1S/C19H20N2O7S/c1-13(22)21-12-18(28-17-5-3-2-4-16(17)21)19(23)27-11-10-26-14-6-8-15(9-7-14)29(20,24)25/h2-9,18H,10-12H2,1H3,(H2,20,24,25)/t18-/m0/s1. The van der Waals surface area contributed by atoms with Crippen LogP contribution in [0, 0.1) is 0 Å². The van der Waals surface area contributed by atoms with Gasteiger partial charge in [-0.2, -0.15) is 0 Å². The number of nitrogens with zero attached hydrogens (tertiary/aromatic N) is 1. The van der Waals surface area contributed by atoms with Gasteiger partial charge in [-0.1, -0.05) is 12.1 Å². The van der Waals surface area contributed by atoms with E-state index < -0.39 is 22.1 Å². The number of amides is 1. The number of benzene rings is 2. The molecule has 2 N–H and O–H groups in total. The molecule has 1 aliphatic rings. The second kappa shape index (κ2) is 8.50. The Bertz CT molecular complexity index is 1010. The number of fused-ring (bicyclic) bond motifs is 1. The molecule has 0 bridgehead atoms. The summed E-state index contributed by atoms with van der Waals surface area (Å²) < 4.78 is 38.7. The number of sulfonamides is 1. The van der Waals surface area contributed by atoms with Gasteiger partial charge in [0.15, 0.2) is 0 Å². The SMILES string of the molecule is CC(=O)N1C[C@@H](C(=O)OCCOc2ccc(S(N)(=O)=O)cc2)Oc2ccccc21. The quantitative estimate of drug-likeness (QED) is 0.547. The van der Waals surface area contributed by atoms with Gasteiger partial charge in [0.2, 0.25) is 22.0 Å². The van der Waals surface area contributed by atoms with Crippen molar-refractivity contribution in [3.63, 3.8) is 0 Å². The van der Waals surface area contributed by atoms with Gasteiger partial charge < -0.3 is 19.1 Å². The van der Waals surface area contributed by atoms with Gasteiger partial charge in [0.05, 0.1) is 17.1 Å². The summed E-state index contributed by atoms with van der Waals surface area (Å²) in [6.45, 7) is 1.48. The fourth-order valence-electron chi connectivity index (χ4n) is 2.78. The van der Waals surface area contributed by atoms with Crippen LogP contribution in [0.2, 0.25) is 0 Å². The first-order valence-corrected chi connectivity index (χ1v) is 10.3. The summed E-state index contributed by atoms with van der Waals surface area (Å²) in [5.41, 5.74) is 0.607. The van der Waals surface area contributed by atoms with Crippen LogP contribution in [0.1, 0.15) is 6.92 Å². The molecular weight excluding hydrogens is 400 g/mol. The van der Waals surface area contributed by atoms with E-state index in [1.165, 1.54) is 36.1 Å². The number of anilines is 1. The minimum atomic E-state index is -3.77. The Hall–Kier alpha value is -3.11. The largest absolute Gasteiger partial charge is 0.490 e. The Morgan fingerprint density at radius 2 is 1.83 bits per heavy atom. The minimum Gasteiger partial charge on any atom is -0.490 e. The van der Waals surface area contributed by atoms with Crippen LogP contribution in [0.5, 0.6) is 11.5 Å². The summed E-state index contributed by atoms with van der Waals surface area (Å²) in [6.07, 6.45) is -0.942. The number of rotatable bonds is 6. The van der Waals surface area contributed by atoms with Gasteiger partial charge in [0.25, 0.3) is 0 Å². The molecule has 2 aromatic rings. The van der Waals surface area contributed by atoms with Crippen LogP contribution in [-0.2, 0) is 24.3 Å². The zero-order chi connectivity index (χ0) is 21.0. The van der Waals surface area contributed by atoms with Gasteiger partial charge in [0, 0.05) is 6.92 Å². The number of ether oxygens (including phenoxy) is 3. The molecule has 29 heavy (non-hydrogen) atoms. The molecule has 0 unspecified atom stereocenters. The van der Waals surface area contributed by atoms with Crippen molar-refractivity contribution >= 4 is 27.6 Å². The number of nitrogens with two attached hydrogens (primary N) is 1. The molecule has 0 fully saturated rings. The predicted octanol–water partition coefficient (Wildman–Crippen LogP) is 1.07. The highest BCUT2D eigenvalue weighted by Crippen LogP contribution is 2.33. The molecule has 0 aromatic heterocycles. The Morgan fingerprint density at radius 3 is 2.48 bits per heavy atom. The van der Waals surface area contributed by atoms with E-state index in [0.717, 1.165) is 0 Å². The van der Waals surface area contributed by atoms with E-state index in [-0.39, 0.29) is 30.6 Å². The normalized spacial score (nSPS) is 15.8. The number of carbonyl (C=O) groups is 2. The maximum Gasteiger partial charge on any atom is 0.349 e. The molecule has 1 atom stereocenters. The third-order valence-electron chi connectivity index (χ3n) is 4.17. The molecule has 0 saturated heterocycles. The van der Waals surface area contributed by atoms with E-state index >= 15 is 0 Å². The van der Waals surface area contributed by atoms with Crippen molar-refractivity contribution in [2.24, 2.45) is 5.14 Å². The second-order valence-corrected chi connectivity index (χ2v) is 7.80. The summed E-state index contributed by atoms with van der Waals surface area (Å²) in [6, 6.07) is 12.5. The molecule has 154 valence electrons. The van der Waals surface area contributed by atoms with E-state index in [0.29, 0.717) is 17.2 Å². The molecular formula is C19H20N2O7S. The van der Waals surface area contributed by atoms with Gasteiger partial charge in [-0.25, -0.2) is 18.4 Å². The topological polar surface area (TPSA) is 125 Å². The zero-order valence-corrected chi connectivity index (χ0v) is 16.4. The van der Waals surface area contributed by atoms with Crippen molar-refractivity contribution < 1.29 is 32.2 Å². The van der Waals surface area contributed by atoms with Gasteiger partial charge >= 0.3 is 5.97 Å². The Labute approximate surface area is 168 Å². The molecule has 1 heterocycles. The highest BCUT2D eigenvalue weighted by molar-refractivity contribution is 7.89. The molecule has 10 heteroatoms. The van der Waals surface area contributed by atoms with Crippen LogP contribution in [0.15, 0.2) is 53.4 Å². The van der Waals surface area contributed by atoms with Crippen molar-refractivity contribution in [3.05, 3.63) is 48.5 Å². The number of hydrogen-bond donors (Lipinski definition) is 1. The number of hydrogen-bond acceptors (Lipinski definition) is 7. The van der Waals surface area contributed by atoms with Crippen molar-refractivity contribution in [2.75, 3.05) is 24.7 Å². The highest BCUT2D eigenvalue weighted by Gasteiger charge is 2.33. The Balaban J connectivity index is 1.52. The molecule has 0 aliphatic carbocycles. The fourth-order valence-corrected chi connectivity index (χ4v) is 3.29. The molecule has 0 radical (unpaired) electrons.